The Morgan fingerprint density at radius 2 is 1.91 bits per heavy atom. The molecule has 1 saturated carbocycles. The van der Waals surface area contributed by atoms with Crippen molar-refractivity contribution in [1.82, 2.24) is 15.2 Å². The maximum atomic E-state index is 12.2. The van der Waals surface area contributed by atoms with Gasteiger partial charge in [-0.25, -0.2) is 13.1 Å². The second-order valence-electron chi connectivity index (χ2n) is 5.68. The molecule has 0 saturated heterocycles. The van der Waals surface area contributed by atoms with E-state index in [0.29, 0.717) is 5.69 Å². The molecule has 0 unspecified atom stereocenters. The Bertz CT molecular complexity index is 599. The summed E-state index contributed by atoms with van der Waals surface area (Å²) in [5.41, 5.74) is 0.330. The molecule has 0 bridgehead atoms. The molecule has 1 aliphatic rings. The van der Waals surface area contributed by atoms with Crippen LogP contribution in [0.4, 0.5) is 0 Å². The van der Waals surface area contributed by atoms with Gasteiger partial charge in [0.1, 0.15) is 10.6 Å². The first-order valence-electron chi connectivity index (χ1n) is 7.62. The molecule has 22 heavy (non-hydrogen) atoms. The largest absolute Gasteiger partial charge is 0.360 e. The van der Waals surface area contributed by atoms with Crippen molar-refractivity contribution >= 4 is 15.9 Å². The van der Waals surface area contributed by atoms with Crippen LogP contribution in [0.5, 0.6) is 0 Å². The van der Waals surface area contributed by atoms with Crippen molar-refractivity contribution in [3.05, 3.63) is 11.5 Å². The summed E-state index contributed by atoms with van der Waals surface area (Å²) in [6.45, 7) is 3.55. The number of amides is 1. The first-order valence-corrected chi connectivity index (χ1v) is 9.10. The lowest BCUT2D eigenvalue weighted by atomic mass is 9.89. The predicted octanol–water partition coefficient (Wildman–Crippen LogP) is 1.27. The van der Waals surface area contributed by atoms with Gasteiger partial charge in [-0.15, -0.1) is 0 Å². The van der Waals surface area contributed by atoms with Crippen molar-refractivity contribution in [2.75, 3.05) is 13.1 Å². The summed E-state index contributed by atoms with van der Waals surface area (Å²) >= 11 is 0. The minimum atomic E-state index is -3.66. The summed E-state index contributed by atoms with van der Waals surface area (Å²) in [6.07, 6.45) is 5.24. The molecule has 0 aliphatic heterocycles. The molecule has 1 aromatic heterocycles. The first kappa shape index (κ1) is 17.0. The average molecular weight is 329 g/mol. The smallest absolute Gasteiger partial charge is 0.246 e. The van der Waals surface area contributed by atoms with E-state index in [2.05, 4.69) is 15.2 Å². The third kappa shape index (κ3) is 4.07. The molecule has 1 fully saturated rings. The Morgan fingerprint density at radius 1 is 1.23 bits per heavy atom. The van der Waals surface area contributed by atoms with Gasteiger partial charge in [-0.3, -0.25) is 4.79 Å². The second kappa shape index (κ2) is 7.23. The molecule has 0 spiro atoms. The van der Waals surface area contributed by atoms with Crippen molar-refractivity contribution in [2.45, 2.75) is 50.8 Å². The fourth-order valence-corrected chi connectivity index (χ4v) is 4.17. The number of carbonyl (C=O) groups excluding carboxylic acids is 1. The zero-order valence-electron chi connectivity index (χ0n) is 13.0. The highest BCUT2D eigenvalue weighted by Crippen LogP contribution is 2.23. The maximum Gasteiger partial charge on any atom is 0.246 e. The van der Waals surface area contributed by atoms with Crippen LogP contribution < -0.4 is 10.0 Å². The number of carbonyl (C=O) groups is 1. The molecule has 1 aliphatic carbocycles. The molecule has 0 atom stereocenters. The standard InChI is InChI=1S/C14H23N3O4S/c1-10-13(11(2)21-17-10)22(19,20)16-9-8-15-14(18)12-6-4-3-5-7-12/h12,16H,3-9H2,1-2H3,(H,15,18). The van der Waals surface area contributed by atoms with Crippen LogP contribution in [0.15, 0.2) is 9.42 Å². The highest BCUT2D eigenvalue weighted by atomic mass is 32.2. The van der Waals surface area contributed by atoms with Crippen LogP contribution in [0.25, 0.3) is 0 Å². The molecule has 2 rings (SSSR count). The lowest BCUT2D eigenvalue weighted by molar-refractivity contribution is -0.125. The lowest BCUT2D eigenvalue weighted by Crippen LogP contribution is -2.38. The van der Waals surface area contributed by atoms with Gasteiger partial charge in [0, 0.05) is 19.0 Å². The van der Waals surface area contributed by atoms with E-state index in [1.54, 1.807) is 13.8 Å². The van der Waals surface area contributed by atoms with Crippen LogP contribution in [0, 0.1) is 19.8 Å². The van der Waals surface area contributed by atoms with Crippen molar-refractivity contribution in [3.8, 4) is 0 Å². The minimum absolute atomic E-state index is 0.0243. The number of aryl methyl sites for hydroxylation is 2. The second-order valence-corrected chi connectivity index (χ2v) is 7.38. The van der Waals surface area contributed by atoms with E-state index in [1.165, 1.54) is 6.42 Å². The zero-order valence-corrected chi connectivity index (χ0v) is 13.8. The van der Waals surface area contributed by atoms with Gasteiger partial charge in [0.2, 0.25) is 15.9 Å². The van der Waals surface area contributed by atoms with Crippen LogP contribution >= 0.6 is 0 Å². The van der Waals surface area contributed by atoms with E-state index in [0.717, 1.165) is 25.7 Å². The van der Waals surface area contributed by atoms with Crippen molar-refractivity contribution in [2.24, 2.45) is 5.92 Å². The highest BCUT2D eigenvalue weighted by molar-refractivity contribution is 7.89. The summed E-state index contributed by atoms with van der Waals surface area (Å²) in [5.74, 6) is 0.361. The summed E-state index contributed by atoms with van der Waals surface area (Å²) in [5, 5.41) is 6.43. The number of aromatic nitrogens is 1. The van der Waals surface area contributed by atoms with E-state index in [1.807, 2.05) is 0 Å². The number of hydrogen-bond donors (Lipinski definition) is 2. The third-order valence-corrected chi connectivity index (χ3v) is 5.63. The first-order chi connectivity index (χ1) is 10.4. The molecule has 8 heteroatoms. The van der Waals surface area contributed by atoms with Gasteiger partial charge in [-0.05, 0) is 26.7 Å². The Kier molecular flexibility index (Phi) is 5.57. The Labute approximate surface area is 130 Å². The van der Waals surface area contributed by atoms with Gasteiger partial charge < -0.3 is 9.84 Å². The minimum Gasteiger partial charge on any atom is -0.360 e. The number of rotatable bonds is 6. The summed E-state index contributed by atoms with van der Waals surface area (Å²) in [6, 6.07) is 0. The van der Waals surface area contributed by atoms with E-state index >= 15 is 0 Å². The third-order valence-electron chi connectivity index (χ3n) is 3.93. The van der Waals surface area contributed by atoms with Crippen molar-refractivity contribution in [1.29, 1.82) is 0 Å². The van der Waals surface area contributed by atoms with Crippen molar-refractivity contribution < 1.29 is 17.7 Å². The average Bonchev–Trinajstić information content (AvgIpc) is 2.84. The molecule has 2 N–H and O–H groups in total. The summed E-state index contributed by atoms with van der Waals surface area (Å²) in [4.78, 5) is 12.0. The predicted molar refractivity (Wildman–Crippen MR) is 80.8 cm³/mol. The Morgan fingerprint density at radius 3 is 2.50 bits per heavy atom. The van der Waals surface area contributed by atoms with Gasteiger partial charge in [0.05, 0.1) is 0 Å². The number of nitrogens with zero attached hydrogens (tertiary/aromatic N) is 1. The lowest BCUT2D eigenvalue weighted by Gasteiger charge is -2.20. The quantitative estimate of drug-likeness (QED) is 0.765. The summed E-state index contributed by atoms with van der Waals surface area (Å²) < 4.78 is 31.6. The molecule has 1 heterocycles. The van der Waals surface area contributed by atoms with Crippen molar-refractivity contribution in [3.63, 3.8) is 0 Å². The molecule has 124 valence electrons. The molecule has 1 aromatic rings. The van der Waals surface area contributed by atoms with Crippen LogP contribution in [0.1, 0.15) is 43.6 Å². The van der Waals surface area contributed by atoms with E-state index in [-0.39, 0.29) is 35.6 Å². The fraction of sp³-hybridized carbons (Fsp3) is 0.714. The van der Waals surface area contributed by atoms with Gasteiger partial charge >= 0.3 is 0 Å². The van der Waals surface area contributed by atoms with Gasteiger partial charge in [-0.2, -0.15) is 0 Å². The number of nitrogens with one attached hydrogen (secondary N) is 2. The molecule has 7 nitrogen and oxygen atoms in total. The normalized spacial score (nSPS) is 16.6. The number of sulfonamides is 1. The zero-order chi connectivity index (χ0) is 16.2. The number of hydrogen-bond acceptors (Lipinski definition) is 5. The molecular weight excluding hydrogens is 306 g/mol. The highest BCUT2D eigenvalue weighted by Gasteiger charge is 2.24. The van der Waals surface area contributed by atoms with E-state index < -0.39 is 10.0 Å². The van der Waals surface area contributed by atoms with E-state index in [4.69, 9.17) is 4.52 Å². The van der Waals surface area contributed by atoms with Gasteiger partial charge in [-0.1, -0.05) is 24.4 Å². The summed E-state index contributed by atoms with van der Waals surface area (Å²) in [7, 11) is -3.66. The fourth-order valence-electron chi connectivity index (χ4n) is 2.81. The monoisotopic (exact) mass is 329 g/mol. The van der Waals surface area contributed by atoms with E-state index in [9.17, 15) is 13.2 Å². The van der Waals surface area contributed by atoms with Crippen LogP contribution in [-0.4, -0.2) is 32.6 Å². The maximum absolute atomic E-state index is 12.2. The Hall–Kier alpha value is -1.41. The molecular formula is C14H23N3O4S. The van der Waals surface area contributed by atoms with Crippen LogP contribution in [0.2, 0.25) is 0 Å². The molecule has 1 amide bonds. The molecule has 0 radical (unpaired) electrons. The van der Waals surface area contributed by atoms with Crippen LogP contribution in [-0.2, 0) is 14.8 Å². The molecule has 0 aromatic carbocycles. The van der Waals surface area contributed by atoms with Gasteiger partial charge in [0.25, 0.3) is 0 Å². The SMILES string of the molecule is Cc1noc(C)c1S(=O)(=O)NCCNC(=O)C1CCCCC1. The van der Waals surface area contributed by atoms with Gasteiger partial charge in [0.15, 0.2) is 5.76 Å². The van der Waals surface area contributed by atoms with Crippen LogP contribution in [0.3, 0.4) is 0 Å². The Balaban J connectivity index is 1.79. The topological polar surface area (TPSA) is 101 Å².